The third-order valence-electron chi connectivity index (χ3n) is 2.30. The van der Waals surface area contributed by atoms with Crippen LogP contribution in [-0.4, -0.2) is 37.3 Å². The summed E-state index contributed by atoms with van der Waals surface area (Å²) in [6.45, 7) is 5.88. The summed E-state index contributed by atoms with van der Waals surface area (Å²) in [4.78, 5) is 22.9. The van der Waals surface area contributed by atoms with E-state index in [1.165, 1.54) is 0 Å². The van der Waals surface area contributed by atoms with Gasteiger partial charge in [-0.1, -0.05) is 15.9 Å². The highest BCUT2D eigenvalue weighted by Gasteiger charge is 2.15. The molecule has 0 spiro atoms. The Hall–Kier alpha value is -1.76. The zero-order valence-electron chi connectivity index (χ0n) is 12.9. The zero-order chi connectivity index (χ0) is 16.6. The number of alkyl carbamates (subject to hydrolysis) is 1. The van der Waals surface area contributed by atoms with Gasteiger partial charge in [-0.25, -0.2) is 4.79 Å². The number of ether oxygens (including phenoxy) is 2. The summed E-state index contributed by atoms with van der Waals surface area (Å²) in [5.74, 6) is 0.360. The molecule has 0 aliphatic carbocycles. The molecular formula is C15H21BrN2O4. The predicted octanol–water partition coefficient (Wildman–Crippen LogP) is 2.47. The van der Waals surface area contributed by atoms with Gasteiger partial charge in [0.25, 0.3) is 5.91 Å². The molecule has 0 saturated carbocycles. The minimum absolute atomic E-state index is 0.0753. The number of rotatable bonds is 6. The zero-order valence-corrected chi connectivity index (χ0v) is 14.5. The smallest absolute Gasteiger partial charge is 0.407 e. The van der Waals surface area contributed by atoms with Crippen molar-refractivity contribution in [3.05, 3.63) is 28.7 Å². The SMILES string of the molecule is CC(C)(C)OC(=O)NCCNC(=O)COc1ccc(Br)cc1. The van der Waals surface area contributed by atoms with Crippen molar-refractivity contribution in [2.75, 3.05) is 19.7 Å². The quantitative estimate of drug-likeness (QED) is 0.752. The molecule has 2 amide bonds. The van der Waals surface area contributed by atoms with Gasteiger partial charge in [-0.2, -0.15) is 0 Å². The number of carbonyl (C=O) groups is 2. The third kappa shape index (κ3) is 8.51. The lowest BCUT2D eigenvalue weighted by molar-refractivity contribution is -0.123. The van der Waals surface area contributed by atoms with Gasteiger partial charge < -0.3 is 20.1 Å². The molecule has 0 fully saturated rings. The van der Waals surface area contributed by atoms with Crippen molar-refractivity contribution in [2.24, 2.45) is 0 Å². The minimum atomic E-state index is -0.536. The van der Waals surface area contributed by atoms with E-state index in [0.717, 1.165) is 4.47 Å². The van der Waals surface area contributed by atoms with Gasteiger partial charge in [-0.05, 0) is 45.0 Å². The second-order valence-electron chi connectivity index (χ2n) is 5.52. The number of hydrogen-bond acceptors (Lipinski definition) is 4. The molecule has 7 heteroatoms. The average Bonchev–Trinajstić information content (AvgIpc) is 2.41. The Balaban J connectivity index is 2.13. The van der Waals surface area contributed by atoms with E-state index in [-0.39, 0.29) is 12.5 Å². The number of nitrogens with one attached hydrogen (secondary N) is 2. The first kappa shape index (κ1) is 18.3. The van der Waals surface area contributed by atoms with Crippen LogP contribution in [0.4, 0.5) is 4.79 Å². The maximum Gasteiger partial charge on any atom is 0.407 e. The Morgan fingerprint density at radius 1 is 1.09 bits per heavy atom. The van der Waals surface area contributed by atoms with Gasteiger partial charge in [0.15, 0.2) is 6.61 Å². The van der Waals surface area contributed by atoms with Crippen LogP contribution in [0.3, 0.4) is 0 Å². The molecule has 0 aromatic heterocycles. The highest BCUT2D eigenvalue weighted by Crippen LogP contribution is 2.15. The molecule has 1 aromatic carbocycles. The number of benzene rings is 1. The second-order valence-corrected chi connectivity index (χ2v) is 6.44. The molecule has 2 N–H and O–H groups in total. The van der Waals surface area contributed by atoms with Crippen molar-refractivity contribution < 1.29 is 19.1 Å². The molecule has 0 unspecified atom stereocenters. The standard InChI is InChI=1S/C15H21BrN2O4/c1-15(2,3)22-14(20)18-9-8-17-13(19)10-21-12-6-4-11(16)5-7-12/h4-7H,8-10H2,1-3H3,(H,17,19)(H,18,20). The first-order valence-corrected chi connectivity index (χ1v) is 7.67. The van der Waals surface area contributed by atoms with Crippen LogP contribution >= 0.6 is 15.9 Å². The molecule has 0 atom stereocenters. The summed E-state index contributed by atoms with van der Waals surface area (Å²) in [5.41, 5.74) is -0.536. The van der Waals surface area contributed by atoms with Crippen molar-refractivity contribution in [1.29, 1.82) is 0 Å². The van der Waals surface area contributed by atoms with Crippen LogP contribution in [0.2, 0.25) is 0 Å². The largest absolute Gasteiger partial charge is 0.484 e. The first-order chi connectivity index (χ1) is 10.3. The number of hydrogen-bond donors (Lipinski definition) is 2. The van der Waals surface area contributed by atoms with Crippen LogP contribution in [-0.2, 0) is 9.53 Å². The molecule has 1 aromatic rings. The molecular weight excluding hydrogens is 352 g/mol. The van der Waals surface area contributed by atoms with Gasteiger partial charge in [0, 0.05) is 17.6 Å². The van der Waals surface area contributed by atoms with Crippen molar-refractivity contribution in [1.82, 2.24) is 10.6 Å². The van der Waals surface area contributed by atoms with Gasteiger partial charge in [0.2, 0.25) is 0 Å². The van der Waals surface area contributed by atoms with Crippen LogP contribution in [0.15, 0.2) is 28.7 Å². The topological polar surface area (TPSA) is 76.7 Å². The molecule has 122 valence electrons. The summed E-state index contributed by atoms with van der Waals surface area (Å²) in [7, 11) is 0. The van der Waals surface area contributed by atoms with Gasteiger partial charge in [-0.3, -0.25) is 4.79 Å². The van der Waals surface area contributed by atoms with Gasteiger partial charge in [0.1, 0.15) is 11.4 Å². The molecule has 0 aliphatic heterocycles. The highest BCUT2D eigenvalue weighted by atomic mass is 79.9. The first-order valence-electron chi connectivity index (χ1n) is 6.88. The third-order valence-corrected chi connectivity index (χ3v) is 2.83. The van der Waals surface area contributed by atoms with E-state index >= 15 is 0 Å². The van der Waals surface area contributed by atoms with E-state index in [4.69, 9.17) is 9.47 Å². The molecule has 22 heavy (non-hydrogen) atoms. The lowest BCUT2D eigenvalue weighted by Crippen LogP contribution is -2.39. The highest BCUT2D eigenvalue weighted by molar-refractivity contribution is 9.10. The average molecular weight is 373 g/mol. The van der Waals surface area contributed by atoms with E-state index in [1.54, 1.807) is 32.9 Å². The summed E-state index contributed by atoms with van der Waals surface area (Å²) in [5, 5.41) is 5.19. The lowest BCUT2D eigenvalue weighted by atomic mass is 10.2. The summed E-state index contributed by atoms with van der Waals surface area (Å²) < 4.78 is 11.3. The van der Waals surface area contributed by atoms with E-state index in [2.05, 4.69) is 26.6 Å². The molecule has 0 radical (unpaired) electrons. The lowest BCUT2D eigenvalue weighted by Gasteiger charge is -2.19. The van der Waals surface area contributed by atoms with Crippen LogP contribution in [0.25, 0.3) is 0 Å². The second kappa shape index (κ2) is 8.63. The van der Waals surface area contributed by atoms with Gasteiger partial charge in [0.05, 0.1) is 0 Å². The molecule has 6 nitrogen and oxygen atoms in total. The number of amides is 2. The Labute approximate surface area is 138 Å². The van der Waals surface area contributed by atoms with Crippen LogP contribution in [0, 0.1) is 0 Å². The Bertz CT molecular complexity index is 497. The fraction of sp³-hybridized carbons (Fsp3) is 0.467. The van der Waals surface area contributed by atoms with Gasteiger partial charge in [-0.15, -0.1) is 0 Å². The molecule has 1 rings (SSSR count). The number of carbonyl (C=O) groups excluding carboxylic acids is 2. The fourth-order valence-electron chi connectivity index (χ4n) is 1.41. The van der Waals surface area contributed by atoms with Crippen molar-refractivity contribution in [3.8, 4) is 5.75 Å². The van der Waals surface area contributed by atoms with E-state index in [0.29, 0.717) is 18.8 Å². The molecule has 0 saturated heterocycles. The molecule has 0 bridgehead atoms. The van der Waals surface area contributed by atoms with E-state index < -0.39 is 11.7 Å². The van der Waals surface area contributed by atoms with Crippen LogP contribution < -0.4 is 15.4 Å². The predicted molar refractivity (Wildman–Crippen MR) is 86.9 cm³/mol. The summed E-state index contributed by atoms with van der Waals surface area (Å²) >= 11 is 3.32. The van der Waals surface area contributed by atoms with Crippen molar-refractivity contribution in [3.63, 3.8) is 0 Å². The van der Waals surface area contributed by atoms with Crippen LogP contribution in [0.1, 0.15) is 20.8 Å². The normalized spacial score (nSPS) is 10.7. The minimum Gasteiger partial charge on any atom is -0.484 e. The van der Waals surface area contributed by atoms with E-state index in [9.17, 15) is 9.59 Å². The summed E-state index contributed by atoms with van der Waals surface area (Å²) in [6.07, 6.45) is -0.507. The Morgan fingerprint density at radius 2 is 1.68 bits per heavy atom. The maximum absolute atomic E-state index is 11.6. The monoisotopic (exact) mass is 372 g/mol. The fourth-order valence-corrected chi connectivity index (χ4v) is 1.68. The molecule has 0 aliphatic rings. The Kier molecular flexibility index (Phi) is 7.17. The Morgan fingerprint density at radius 3 is 2.27 bits per heavy atom. The maximum atomic E-state index is 11.6. The molecule has 0 heterocycles. The van der Waals surface area contributed by atoms with E-state index in [1.807, 2.05) is 12.1 Å². The van der Waals surface area contributed by atoms with Crippen molar-refractivity contribution in [2.45, 2.75) is 26.4 Å². The van der Waals surface area contributed by atoms with Crippen molar-refractivity contribution >= 4 is 27.9 Å². The number of halogens is 1. The van der Waals surface area contributed by atoms with Gasteiger partial charge >= 0.3 is 6.09 Å². The summed E-state index contributed by atoms with van der Waals surface area (Å²) in [6, 6.07) is 7.19. The van der Waals surface area contributed by atoms with Crippen LogP contribution in [0.5, 0.6) is 5.75 Å².